The van der Waals surface area contributed by atoms with E-state index in [1.807, 2.05) is 27.7 Å². The van der Waals surface area contributed by atoms with Crippen LogP contribution in [0.3, 0.4) is 0 Å². The molecular formula is C19H31NO. The molecule has 0 heterocycles. The van der Waals surface area contributed by atoms with Crippen molar-refractivity contribution >= 4 is 5.91 Å². The van der Waals surface area contributed by atoms with Gasteiger partial charge in [0.2, 0.25) is 5.91 Å². The van der Waals surface area contributed by atoms with Crippen LogP contribution in [0.2, 0.25) is 0 Å². The van der Waals surface area contributed by atoms with Gasteiger partial charge < -0.3 is 5.32 Å². The van der Waals surface area contributed by atoms with Crippen LogP contribution in [0.25, 0.3) is 0 Å². The van der Waals surface area contributed by atoms with Gasteiger partial charge in [0.1, 0.15) is 0 Å². The maximum absolute atomic E-state index is 11.9. The number of hydrogen-bond donors (Lipinski definition) is 1. The molecule has 0 aromatic rings. The number of amides is 1. The Bertz CT molecular complexity index is 520. The molecule has 0 atom stereocenters. The summed E-state index contributed by atoms with van der Waals surface area (Å²) in [5.41, 5.74) is 7.89. The van der Waals surface area contributed by atoms with Crippen LogP contribution in [0.4, 0.5) is 0 Å². The van der Waals surface area contributed by atoms with E-state index in [0.29, 0.717) is 0 Å². The highest BCUT2D eigenvalue weighted by Crippen LogP contribution is 2.31. The quantitative estimate of drug-likeness (QED) is 0.683. The lowest BCUT2D eigenvalue weighted by atomic mass is 9.87. The average Bonchev–Trinajstić information content (AvgIpc) is 2.32. The normalized spacial score (nSPS) is 11.7. The molecule has 0 aliphatic heterocycles. The van der Waals surface area contributed by atoms with Crippen LogP contribution >= 0.6 is 0 Å². The van der Waals surface area contributed by atoms with Gasteiger partial charge in [-0.25, -0.2) is 0 Å². The molecule has 2 nitrogen and oxygen atoms in total. The molecule has 0 bridgehead atoms. The first-order valence-corrected chi connectivity index (χ1v) is 7.50. The second-order valence-electron chi connectivity index (χ2n) is 6.42. The molecule has 0 saturated heterocycles. The van der Waals surface area contributed by atoms with Crippen molar-refractivity contribution in [3.63, 3.8) is 0 Å². The van der Waals surface area contributed by atoms with Gasteiger partial charge in [-0.1, -0.05) is 37.1 Å². The summed E-state index contributed by atoms with van der Waals surface area (Å²) in [5, 5.41) is 3.00. The van der Waals surface area contributed by atoms with Crippen molar-refractivity contribution < 1.29 is 4.79 Å². The number of allylic oxidation sites excluding steroid dienone is 7. The van der Waals surface area contributed by atoms with Crippen LogP contribution in [0.15, 0.2) is 45.7 Å². The standard InChI is InChI=1S/C19H31NO/c1-11(2)17(12(3)4)18(13(5)6)15(9)16(10)20-19(21)14(7)8/h14H,1H2,2-10H3,(H,20,21). The second kappa shape index (κ2) is 8.02. The molecule has 0 aromatic heterocycles. The lowest BCUT2D eigenvalue weighted by molar-refractivity contribution is -0.123. The van der Waals surface area contributed by atoms with Gasteiger partial charge in [-0.15, -0.1) is 0 Å². The summed E-state index contributed by atoms with van der Waals surface area (Å²) in [4.78, 5) is 11.9. The topological polar surface area (TPSA) is 29.1 Å². The summed E-state index contributed by atoms with van der Waals surface area (Å²) < 4.78 is 0. The zero-order valence-corrected chi connectivity index (χ0v) is 15.2. The summed E-state index contributed by atoms with van der Waals surface area (Å²) in [5.74, 6) is 0.0287. The van der Waals surface area contributed by atoms with Gasteiger partial charge in [-0.2, -0.15) is 0 Å². The van der Waals surface area contributed by atoms with Crippen LogP contribution < -0.4 is 5.32 Å². The zero-order valence-electron chi connectivity index (χ0n) is 15.2. The summed E-state index contributed by atoms with van der Waals surface area (Å²) in [6.45, 7) is 22.3. The van der Waals surface area contributed by atoms with Crippen molar-refractivity contribution in [3.8, 4) is 0 Å². The van der Waals surface area contributed by atoms with E-state index in [1.165, 1.54) is 22.3 Å². The highest BCUT2D eigenvalue weighted by atomic mass is 16.1. The highest BCUT2D eigenvalue weighted by Gasteiger charge is 2.15. The van der Waals surface area contributed by atoms with Crippen LogP contribution in [0.1, 0.15) is 62.3 Å². The minimum atomic E-state index is -0.0213. The Balaban J connectivity index is 5.94. The molecule has 21 heavy (non-hydrogen) atoms. The van der Waals surface area contributed by atoms with Crippen LogP contribution in [-0.4, -0.2) is 5.91 Å². The molecule has 0 spiro atoms. The van der Waals surface area contributed by atoms with E-state index >= 15 is 0 Å². The number of carbonyl (C=O) groups excluding carboxylic acids is 1. The van der Waals surface area contributed by atoms with E-state index in [-0.39, 0.29) is 11.8 Å². The Kier molecular flexibility index (Phi) is 7.42. The van der Waals surface area contributed by atoms with Gasteiger partial charge in [0.25, 0.3) is 0 Å². The maximum Gasteiger partial charge on any atom is 0.226 e. The summed E-state index contributed by atoms with van der Waals surface area (Å²) in [6.07, 6.45) is 0. The van der Waals surface area contributed by atoms with Gasteiger partial charge in [-0.3, -0.25) is 4.79 Å². The fraction of sp³-hybridized carbons (Fsp3) is 0.526. The van der Waals surface area contributed by atoms with Crippen molar-refractivity contribution in [3.05, 3.63) is 45.7 Å². The molecule has 1 amide bonds. The minimum absolute atomic E-state index is 0.0213. The van der Waals surface area contributed by atoms with Crippen LogP contribution in [0.5, 0.6) is 0 Å². The number of hydrogen-bond acceptors (Lipinski definition) is 1. The fourth-order valence-corrected chi connectivity index (χ4v) is 2.31. The summed E-state index contributed by atoms with van der Waals surface area (Å²) in [7, 11) is 0. The molecule has 0 saturated carbocycles. The first kappa shape index (κ1) is 19.4. The average molecular weight is 289 g/mol. The second-order valence-corrected chi connectivity index (χ2v) is 6.42. The molecule has 0 aromatic carbocycles. The zero-order chi connectivity index (χ0) is 16.9. The van der Waals surface area contributed by atoms with E-state index in [1.54, 1.807) is 0 Å². The van der Waals surface area contributed by atoms with Crippen molar-refractivity contribution in [2.75, 3.05) is 0 Å². The van der Waals surface area contributed by atoms with Crippen molar-refractivity contribution in [2.45, 2.75) is 62.3 Å². The van der Waals surface area contributed by atoms with Crippen molar-refractivity contribution in [1.29, 1.82) is 0 Å². The predicted molar refractivity (Wildman–Crippen MR) is 92.9 cm³/mol. The molecule has 1 N–H and O–H groups in total. The van der Waals surface area contributed by atoms with Gasteiger partial charge in [0.05, 0.1) is 0 Å². The first-order valence-electron chi connectivity index (χ1n) is 7.50. The SMILES string of the molecule is C=C(C)C(=C(C)C)C(=C(C)C)C(C)=C(C)NC(=O)C(C)C. The Hall–Kier alpha value is -1.57. The monoisotopic (exact) mass is 289 g/mol. The van der Waals surface area contributed by atoms with E-state index < -0.39 is 0 Å². The molecule has 0 aliphatic carbocycles. The van der Waals surface area contributed by atoms with E-state index in [9.17, 15) is 4.79 Å². The lowest BCUT2D eigenvalue weighted by Gasteiger charge is -2.20. The Morgan fingerprint density at radius 1 is 0.857 bits per heavy atom. The number of rotatable bonds is 5. The van der Waals surface area contributed by atoms with Crippen LogP contribution in [-0.2, 0) is 4.79 Å². The Labute approximate surface area is 130 Å². The number of carbonyl (C=O) groups is 1. The maximum atomic E-state index is 11.9. The smallest absolute Gasteiger partial charge is 0.226 e. The summed E-state index contributed by atoms with van der Waals surface area (Å²) in [6, 6.07) is 0. The molecule has 0 rings (SSSR count). The lowest BCUT2D eigenvalue weighted by Crippen LogP contribution is -2.27. The van der Waals surface area contributed by atoms with Gasteiger partial charge in [0, 0.05) is 11.6 Å². The van der Waals surface area contributed by atoms with Gasteiger partial charge >= 0.3 is 0 Å². The Morgan fingerprint density at radius 3 is 1.57 bits per heavy atom. The van der Waals surface area contributed by atoms with Crippen LogP contribution in [0, 0.1) is 5.92 Å². The molecule has 0 fully saturated rings. The van der Waals surface area contributed by atoms with E-state index in [4.69, 9.17) is 0 Å². The fourth-order valence-electron chi connectivity index (χ4n) is 2.31. The first-order chi connectivity index (χ1) is 9.50. The molecule has 118 valence electrons. The third-order valence-corrected chi connectivity index (χ3v) is 3.45. The Morgan fingerprint density at radius 2 is 1.29 bits per heavy atom. The predicted octanol–water partition coefficient (Wildman–Crippen LogP) is 5.30. The van der Waals surface area contributed by atoms with Gasteiger partial charge in [0.15, 0.2) is 0 Å². The molecule has 0 radical (unpaired) electrons. The van der Waals surface area contributed by atoms with E-state index in [2.05, 4.69) is 46.5 Å². The third kappa shape index (κ3) is 5.37. The molecular weight excluding hydrogens is 258 g/mol. The third-order valence-electron chi connectivity index (χ3n) is 3.45. The molecule has 0 aliphatic rings. The van der Waals surface area contributed by atoms with Gasteiger partial charge in [-0.05, 0) is 65.2 Å². The number of nitrogens with one attached hydrogen (secondary N) is 1. The van der Waals surface area contributed by atoms with E-state index in [0.717, 1.165) is 16.8 Å². The van der Waals surface area contributed by atoms with Crippen molar-refractivity contribution in [1.82, 2.24) is 5.32 Å². The highest BCUT2D eigenvalue weighted by molar-refractivity contribution is 5.80. The van der Waals surface area contributed by atoms with Crippen molar-refractivity contribution in [2.24, 2.45) is 5.92 Å². The molecule has 0 unspecified atom stereocenters. The summed E-state index contributed by atoms with van der Waals surface area (Å²) >= 11 is 0. The molecule has 2 heteroatoms. The largest absolute Gasteiger partial charge is 0.330 e. The minimum Gasteiger partial charge on any atom is -0.330 e.